The summed E-state index contributed by atoms with van der Waals surface area (Å²) < 4.78 is 33.6. The van der Waals surface area contributed by atoms with Gasteiger partial charge in [0.25, 0.3) is 0 Å². The molecular formula is C42H77N3O19. The molecule has 0 spiro atoms. The summed E-state index contributed by atoms with van der Waals surface area (Å²) >= 11 is 0. The lowest BCUT2D eigenvalue weighted by molar-refractivity contribution is -0.366. The Bertz CT molecular complexity index is 1320. The third-order valence-electron chi connectivity index (χ3n) is 11.9. The van der Waals surface area contributed by atoms with E-state index in [-0.39, 0.29) is 36.9 Å². The molecule has 3 aliphatic heterocycles. The van der Waals surface area contributed by atoms with Gasteiger partial charge in [0.2, 0.25) is 5.91 Å². The van der Waals surface area contributed by atoms with E-state index in [4.69, 9.17) is 34.2 Å². The van der Waals surface area contributed by atoms with Gasteiger partial charge in [-0.25, -0.2) is 5.43 Å². The Morgan fingerprint density at radius 1 is 0.562 bits per heavy atom. The minimum atomic E-state index is -1.88. The Kier molecular flexibility index (Phi) is 26.9. The number of carbonyl (C=O) groups excluding carboxylic acids is 3. The molecule has 0 saturated carbocycles. The highest BCUT2D eigenvalue weighted by Crippen LogP contribution is 2.31. The van der Waals surface area contributed by atoms with Crippen molar-refractivity contribution >= 4 is 17.5 Å². The number of amides is 1. The molecule has 3 saturated heterocycles. The van der Waals surface area contributed by atoms with Crippen LogP contribution in [0.25, 0.3) is 0 Å². The van der Waals surface area contributed by atoms with Crippen LogP contribution in [0.3, 0.4) is 0 Å². The van der Waals surface area contributed by atoms with Gasteiger partial charge < -0.3 is 85.2 Å². The molecule has 0 aliphatic carbocycles. The predicted octanol–water partition coefficient (Wildman–Crippen LogP) is -2.81. The summed E-state index contributed by atoms with van der Waals surface area (Å²) in [5, 5.41) is 103. The number of Topliss-reactive ketones (excluding diaryl/α,β-unsaturated/α-hetero) is 2. The first-order valence-electron chi connectivity index (χ1n) is 22.9. The van der Waals surface area contributed by atoms with Gasteiger partial charge in [0, 0.05) is 19.3 Å². The number of rotatable bonds is 32. The van der Waals surface area contributed by atoms with E-state index in [0.717, 1.165) is 77.0 Å². The van der Waals surface area contributed by atoms with Gasteiger partial charge in [-0.2, -0.15) is 0 Å². The molecule has 0 radical (unpaired) electrons. The minimum Gasteiger partial charge on any atom is -0.394 e. The molecule has 64 heavy (non-hydrogen) atoms. The van der Waals surface area contributed by atoms with Crippen LogP contribution in [0.2, 0.25) is 0 Å². The molecule has 0 aromatic rings. The number of aliphatic hydroxyl groups is 10. The summed E-state index contributed by atoms with van der Waals surface area (Å²) in [6, 6.07) is -0.400. The molecule has 3 fully saturated rings. The van der Waals surface area contributed by atoms with Gasteiger partial charge in [-0.1, -0.05) is 57.8 Å². The first-order chi connectivity index (χ1) is 30.6. The van der Waals surface area contributed by atoms with E-state index in [2.05, 4.69) is 10.9 Å². The second kappa shape index (κ2) is 30.5. The SMILES string of the molecule is CC(=O)[C@H](CCCCN)NNC(=O)CCCCCCCCCCCCC(=O)CCCO[C@H]1O[C@H](CO[C@H]2O[C@H](CO)[C@@H](O)[C@H](O)[C@@H]2O)[C@@H](O)[C@H](O[C@H]2O[C@H](CO)[C@@H](O)[C@H](O)[C@@H]2O)[C@@H]1O. The van der Waals surface area contributed by atoms with Gasteiger partial charge >= 0.3 is 0 Å². The standard InChI is InChI=1S/C42H77N3O19/c1-24(48)26(17-12-13-19-43)44-45-30(50)18-11-9-7-5-3-2-4-6-8-10-15-25(49)16-14-20-59-41-38(58)39(64-42-37(57)35(55)32(52)28(22-47)62-42)33(53)29(63-41)23-60-40-36(56)34(54)31(51)27(21-46)61-40/h26-29,31-42,44,46-47,51-58H,2-23,43H2,1H3,(H,45,50)/t26-,27+,28+,29+,31+,32+,33+,34-,35-,36-,37-,38-,39-,40-,41-,42+/m0/s1. The zero-order valence-corrected chi connectivity index (χ0v) is 37.0. The average Bonchev–Trinajstić information content (AvgIpc) is 3.27. The Balaban J connectivity index is 1.35. The number of nitrogens with one attached hydrogen (secondary N) is 2. The zero-order chi connectivity index (χ0) is 47.2. The Hall–Kier alpha value is -1.91. The second-order valence-electron chi connectivity index (χ2n) is 17.0. The number of hydrogen-bond acceptors (Lipinski definition) is 21. The maximum Gasteiger partial charge on any atom is 0.234 e. The third kappa shape index (κ3) is 18.3. The molecule has 0 bridgehead atoms. The highest BCUT2D eigenvalue weighted by molar-refractivity contribution is 5.82. The topological polar surface area (TPSA) is 359 Å². The van der Waals surface area contributed by atoms with E-state index in [1.807, 2.05) is 0 Å². The fraction of sp³-hybridized carbons (Fsp3) is 0.929. The molecule has 16 atom stereocenters. The quantitative estimate of drug-likeness (QED) is 0.0239. The number of aliphatic hydroxyl groups excluding tert-OH is 10. The predicted molar refractivity (Wildman–Crippen MR) is 223 cm³/mol. The molecule has 1 amide bonds. The van der Waals surface area contributed by atoms with Crippen LogP contribution in [-0.4, -0.2) is 200 Å². The summed E-state index contributed by atoms with van der Waals surface area (Å²) in [6.45, 7) is -0.0744. The largest absolute Gasteiger partial charge is 0.394 e. The maximum absolute atomic E-state index is 12.6. The lowest BCUT2D eigenvalue weighted by Gasteiger charge is -2.46. The summed E-state index contributed by atoms with van der Waals surface area (Å²) in [5.41, 5.74) is 11.0. The molecule has 3 heterocycles. The van der Waals surface area contributed by atoms with Crippen LogP contribution < -0.4 is 16.6 Å². The van der Waals surface area contributed by atoms with Gasteiger partial charge in [0.15, 0.2) is 18.9 Å². The first kappa shape index (κ1) is 56.4. The fourth-order valence-electron chi connectivity index (χ4n) is 7.78. The zero-order valence-electron chi connectivity index (χ0n) is 37.0. The molecule has 3 rings (SSSR count). The number of unbranched alkanes of at least 4 members (excludes halogenated alkanes) is 10. The van der Waals surface area contributed by atoms with Crippen LogP contribution >= 0.6 is 0 Å². The molecule has 374 valence electrons. The summed E-state index contributed by atoms with van der Waals surface area (Å²) in [4.78, 5) is 36.5. The second-order valence-corrected chi connectivity index (χ2v) is 17.0. The van der Waals surface area contributed by atoms with Crippen LogP contribution in [0.4, 0.5) is 0 Å². The van der Waals surface area contributed by atoms with Crippen molar-refractivity contribution in [1.29, 1.82) is 0 Å². The van der Waals surface area contributed by atoms with E-state index in [1.54, 1.807) is 0 Å². The van der Waals surface area contributed by atoms with E-state index in [9.17, 15) is 65.4 Å². The summed E-state index contributed by atoms with van der Waals surface area (Å²) in [5.74, 6) is -0.109. The molecular weight excluding hydrogens is 850 g/mol. The number of nitrogens with two attached hydrogens (primary N) is 1. The van der Waals surface area contributed by atoms with Crippen molar-refractivity contribution in [2.45, 2.75) is 214 Å². The van der Waals surface area contributed by atoms with Gasteiger partial charge in [-0.3, -0.25) is 19.8 Å². The average molecular weight is 928 g/mol. The Labute approximate surface area is 374 Å². The van der Waals surface area contributed by atoms with E-state index < -0.39 is 118 Å². The normalized spacial score (nSPS) is 33.8. The van der Waals surface area contributed by atoms with Crippen molar-refractivity contribution in [2.75, 3.05) is 33.0 Å². The Morgan fingerprint density at radius 3 is 1.62 bits per heavy atom. The Morgan fingerprint density at radius 2 is 1.06 bits per heavy atom. The van der Waals surface area contributed by atoms with Crippen molar-refractivity contribution in [3.63, 3.8) is 0 Å². The smallest absolute Gasteiger partial charge is 0.234 e. The van der Waals surface area contributed by atoms with Crippen molar-refractivity contribution in [3.8, 4) is 0 Å². The maximum atomic E-state index is 12.6. The molecule has 3 aliphatic rings. The van der Waals surface area contributed by atoms with Crippen molar-refractivity contribution < 1.29 is 93.9 Å². The molecule has 0 aromatic heterocycles. The number of carbonyl (C=O) groups is 3. The van der Waals surface area contributed by atoms with Crippen molar-refractivity contribution in [1.82, 2.24) is 10.9 Å². The lowest BCUT2D eigenvalue weighted by Crippen LogP contribution is -2.65. The number of ether oxygens (including phenoxy) is 6. The molecule has 0 aromatic carbocycles. The van der Waals surface area contributed by atoms with E-state index in [0.29, 0.717) is 25.8 Å². The molecule has 22 nitrogen and oxygen atoms in total. The molecule has 0 unspecified atom stereocenters. The van der Waals surface area contributed by atoms with Crippen LogP contribution in [0.5, 0.6) is 0 Å². The van der Waals surface area contributed by atoms with Gasteiger partial charge in [-0.15, -0.1) is 0 Å². The summed E-state index contributed by atoms with van der Waals surface area (Å²) in [6.07, 6.45) is -11.4. The summed E-state index contributed by atoms with van der Waals surface area (Å²) in [7, 11) is 0. The van der Waals surface area contributed by atoms with Gasteiger partial charge in [0.1, 0.15) is 84.8 Å². The van der Waals surface area contributed by atoms with Gasteiger partial charge in [-0.05, 0) is 45.6 Å². The highest BCUT2D eigenvalue weighted by Gasteiger charge is 2.52. The fourth-order valence-corrected chi connectivity index (χ4v) is 7.78. The van der Waals surface area contributed by atoms with Crippen LogP contribution in [0.1, 0.15) is 116 Å². The van der Waals surface area contributed by atoms with Crippen LogP contribution in [0, 0.1) is 0 Å². The van der Waals surface area contributed by atoms with Crippen molar-refractivity contribution in [3.05, 3.63) is 0 Å². The van der Waals surface area contributed by atoms with E-state index >= 15 is 0 Å². The molecule has 22 heteroatoms. The number of hydrazine groups is 1. The van der Waals surface area contributed by atoms with Gasteiger partial charge in [0.05, 0.1) is 32.5 Å². The minimum absolute atomic E-state index is 0.0187. The van der Waals surface area contributed by atoms with Crippen LogP contribution in [-0.2, 0) is 42.8 Å². The van der Waals surface area contributed by atoms with Crippen LogP contribution in [0.15, 0.2) is 0 Å². The number of hydrogen-bond donors (Lipinski definition) is 13. The first-order valence-corrected chi connectivity index (χ1v) is 22.9. The van der Waals surface area contributed by atoms with Crippen molar-refractivity contribution in [2.24, 2.45) is 5.73 Å². The lowest BCUT2D eigenvalue weighted by atomic mass is 9.96. The highest BCUT2D eigenvalue weighted by atomic mass is 16.7. The third-order valence-corrected chi connectivity index (χ3v) is 11.9. The number of ketones is 2. The monoisotopic (exact) mass is 928 g/mol. The molecule has 14 N–H and O–H groups in total. The van der Waals surface area contributed by atoms with E-state index in [1.165, 1.54) is 6.92 Å².